The molecule has 0 bridgehead atoms. The zero-order valence-electron chi connectivity index (χ0n) is 17.6. The fraction of sp³-hybridized carbons (Fsp3) is 0.269. The number of hydrogen-bond acceptors (Lipinski definition) is 4. The first kappa shape index (κ1) is 19.3. The molecule has 2 heterocycles. The Bertz CT molecular complexity index is 1050. The second-order valence-electron chi connectivity index (χ2n) is 8.12. The van der Waals surface area contributed by atoms with Gasteiger partial charge in [-0.1, -0.05) is 84.1 Å². The van der Waals surface area contributed by atoms with Crippen LogP contribution in [0.1, 0.15) is 28.3 Å². The number of rotatable bonds is 4. The highest BCUT2D eigenvalue weighted by atomic mass is 32.1. The second-order valence-corrected chi connectivity index (χ2v) is 9.10. The molecule has 5 rings (SSSR count). The number of aryl methyl sites for hydroxylation is 2. The average Bonchev–Trinajstić information content (AvgIpc) is 3.26. The first-order valence-corrected chi connectivity index (χ1v) is 11.5. The third-order valence-corrected chi connectivity index (χ3v) is 7.36. The molecule has 152 valence electrons. The van der Waals surface area contributed by atoms with E-state index in [0.717, 1.165) is 31.3 Å². The summed E-state index contributed by atoms with van der Waals surface area (Å²) in [6, 6.07) is 26.5. The maximum absolute atomic E-state index is 5.01. The first-order chi connectivity index (χ1) is 14.7. The number of hydrogen-bond donors (Lipinski definition) is 0. The van der Waals surface area contributed by atoms with E-state index in [-0.39, 0.29) is 0 Å². The summed E-state index contributed by atoms with van der Waals surface area (Å²) in [6.45, 7) is 8.42. The Balaban J connectivity index is 1.39. The van der Waals surface area contributed by atoms with E-state index in [0.29, 0.717) is 6.04 Å². The number of nitrogens with zero attached hydrogens (tertiary/aromatic N) is 3. The Morgan fingerprint density at radius 1 is 0.733 bits per heavy atom. The largest absolute Gasteiger partial charge is 0.345 e. The molecule has 0 saturated carbocycles. The van der Waals surface area contributed by atoms with Gasteiger partial charge in [0.05, 0.1) is 16.3 Å². The van der Waals surface area contributed by atoms with E-state index in [9.17, 15) is 0 Å². The smallest absolute Gasteiger partial charge is 0.186 e. The topological polar surface area (TPSA) is 19.4 Å². The third-order valence-electron chi connectivity index (χ3n) is 6.11. The number of thiazole rings is 1. The predicted molar refractivity (Wildman–Crippen MR) is 128 cm³/mol. The van der Waals surface area contributed by atoms with Gasteiger partial charge in [0.15, 0.2) is 5.13 Å². The maximum Gasteiger partial charge on any atom is 0.186 e. The summed E-state index contributed by atoms with van der Waals surface area (Å²) in [7, 11) is 0. The summed E-state index contributed by atoms with van der Waals surface area (Å²) in [5.41, 5.74) is 6.49. The fourth-order valence-electron chi connectivity index (χ4n) is 4.44. The van der Waals surface area contributed by atoms with Gasteiger partial charge in [0.25, 0.3) is 0 Å². The van der Waals surface area contributed by atoms with Gasteiger partial charge in [-0.15, -0.1) is 0 Å². The lowest BCUT2D eigenvalue weighted by molar-refractivity contribution is 0.212. The quantitative estimate of drug-likeness (QED) is 0.420. The summed E-state index contributed by atoms with van der Waals surface area (Å²) in [5, 5.41) is 1.16. The van der Waals surface area contributed by atoms with Gasteiger partial charge in [-0.2, -0.15) is 0 Å². The number of benzene rings is 3. The van der Waals surface area contributed by atoms with E-state index >= 15 is 0 Å². The Morgan fingerprint density at radius 2 is 1.30 bits per heavy atom. The normalized spacial score (nSPS) is 15.2. The molecule has 0 aliphatic carbocycles. The van der Waals surface area contributed by atoms with Crippen LogP contribution in [0.2, 0.25) is 0 Å². The molecule has 1 saturated heterocycles. The van der Waals surface area contributed by atoms with Gasteiger partial charge in [-0.3, -0.25) is 4.90 Å². The minimum atomic E-state index is 0.300. The molecule has 0 amide bonds. The predicted octanol–water partition coefficient (Wildman–Crippen LogP) is 5.82. The molecule has 4 heteroatoms. The molecular formula is C26H27N3S. The van der Waals surface area contributed by atoms with Crippen LogP contribution >= 0.6 is 11.3 Å². The van der Waals surface area contributed by atoms with Crippen molar-refractivity contribution in [3.63, 3.8) is 0 Å². The van der Waals surface area contributed by atoms with Crippen LogP contribution in [-0.2, 0) is 0 Å². The van der Waals surface area contributed by atoms with Gasteiger partial charge < -0.3 is 4.90 Å². The number of aromatic nitrogens is 1. The zero-order chi connectivity index (χ0) is 20.5. The van der Waals surface area contributed by atoms with E-state index in [1.54, 1.807) is 0 Å². The molecule has 1 aliphatic rings. The number of piperazine rings is 1. The van der Waals surface area contributed by atoms with Crippen LogP contribution in [0.4, 0.5) is 5.13 Å². The SMILES string of the molecule is Cc1ccc(C)c2sc(N3CCN(C(c4ccccc4)c4ccccc4)CC3)nc12. The molecule has 4 aromatic rings. The Kier molecular flexibility index (Phi) is 5.28. The highest BCUT2D eigenvalue weighted by Crippen LogP contribution is 2.35. The van der Waals surface area contributed by atoms with Gasteiger partial charge in [0.1, 0.15) is 0 Å². The lowest BCUT2D eigenvalue weighted by Gasteiger charge is -2.39. The Labute approximate surface area is 182 Å². The lowest BCUT2D eigenvalue weighted by atomic mass is 9.96. The van der Waals surface area contributed by atoms with Crippen LogP contribution in [0.25, 0.3) is 10.2 Å². The van der Waals surface area contributed by atoms with Gasteiger partial charge in [-0.25, -0.2) is 4.98 Å². The van der Waals surface area contributed by atoms with Gasteiger partial charge in [0.2, 0.25) is 0 Å². The van der Waals surface area contributed by atoms with Crippen molar-refractivity contribution in [1.82, 2.24) is 9.88 Å². The number of fused-ring (bicyclic) bond motifs is 1. The Morgan fingerprint density at radius 3 is 1.87 bits per heavy atom. The van der Waals surface area contributed by atoms with Crippen molar-refractivity contribution in [2.45, 2.75) is 19.9 Å². The molecule has 3 nitrogen and oxygen atoms in total. The molecule has 1 aromatic heterocycles. The van der Waals surface area contributed by atoms with Crippen LogP contribution in [-0.4, -0.2) is 36.1 Å². The van der Waals surface area contributed by atoms with Crippen molar-refractivity contribution in [1.29, 1.82) is 0 Å². The zero-order valence-corrected chi connectivity index (χ0v) is 18.4. The average molecular weight is 414 g/mol. The molecule has 0 radical (unpaired) electrons. The maximum atomic E-state index is 5.01. The molecule has 1 fully saturated rings. The van der Waals surface area contributed by atoms with Crippen molar-refractivity contribution in [2.75, 3.05) is 31.1 Å². The van der Waals surface area contributed by atoms with Crippen LogP contribution in [0, 0.1) is 13.8 Å². The summed E-state index contributed by atoms with van der Waals surface area (Å²) in [4.78, 5) is 10.1. The van der Waals surface area contributed by atoms with E-state index in [2.05, 4.69) is 96.4 Å². The van der Waals surface area contributed by atoms with Crippen molar-refractivity contribution in [3.8, 4) is 0 Å². The van der Waals surface area contributed by atoms with Crippen molar-refractivity contribution in [3.05, 3.63) is 95.1 Å². The van der Waals surface area contributed by atoms with Crippen LogP contribution in [0.3, 0.4) is 0 Å². The highest BCUT2D eigenvalue weighted by molar-refractivity contribution is 7.22. The molecule has 0 spiro atoms. The molecular weight excluding hydrogens is 386 g/mol. The van der Waals surface area contributed by atoms with E-state index in [1.807, 2.05) is 11.3 Å². The molecule has 30 heavy (non-hydrogen) atoms. The van der Waals surface area contributed by atoms with E-state index < -0.39 is 0 Å². The van der Waals surface area contributed by atoms with Crippen molar-refractivity contribution >= 4 is 26.7 Å². The summed E-state index contributed by atoms with van der Waals surface area (Å²) in [6.07, 6.45) is 0. The number of anilines is 1. The first-order valence-electron chi connectivity index (χ1n) is 10.7. The van der Waals surface area contributed by atoms with Gasteiger partial charge in [0, 0.05) is 26.2 Å². The standard InChI is InChI=1S/C26H27N3S/c1-19-13-14-20(2)25-23(19)27-26(30-25)29-17-15-28(16-18-29)24(21-9-5-3-6-10-21)22-11-7-4-8-12-22/h3-14,24H,15-18H2,1-2H3. The summed E-state index contributed by atoms with van der Waals surface area (Å²) >= 11 is 1.84. The van der Waals surface area contributed by atoms with Crippen molar-refractivity contribution in [2.24, 2.45) is 0 Å². The van der Waals surface area contributed by atoms with Crippen LogP contribution in [0.5, 0.6) is 0 Å². The lowest BCUT2D eigenvalue weighted by Crippen LogP contribution is -2.47. The second kappa shape index (κ2) is 8.21. The molecule has 3 aromatic carbocycles. The fourth-order valence-corrected chi connectivity index (χ4v) is 5.60. The summed E-state index contributed by atoms with van der Waals surface area (Å²) < 4.78 is 1.33. The third kappa shape index (κ3) is 3.62. The minimum Gasteiger partial charge on any atom is -0.345 e. The summed E-state index contributed by atoms with van der Waals surface area (Å²) in [5.74, 6) is 0. The highest BCUT2D eigenvalue weighted by Gasteiger charge is 2.27. The molecule has 0 unspecified atom stereocenters. The Hall–Kier alpha value is -2.69. The van der Waals surface area contributed by atoms with Gasteiger partial charge in [-0.05, 0) is 36.1 Å². The van der Waals surface area contributed by atoms with Crippen LogP contribution in [0.15, 0.2) is 72.8 Å². The van der Waals surface area contributed by atoms with Crippen LogP contribution < -0.4 is 4.90 Å². The van der Waals surface area contributed by atoms with E-state index in [4.69, 9.17) is 4.98 Å². The molecule has 0 atom stereocenters. The monoisotopic (exact) mass is 413 g/mol. The van der Waals surface area contributed by atoms with Crippen molar-refractivity contribution < 1.29 is 0 Å². The molecule has 0 N–H and O–H groups in total. The minimum absolute atomic E-state index is 0.300. The van der Waals surface area contributed by atoms with Gasteiger partial charge >= 0.3 is 0 Å². The molecule has 1 aliphatic heterocycles. The van der Waals surface area contributed by atoms with E-state index in [1.165, 1.54) is 32.5 Å².